The molecule has 4 nitrogen and oxygen atoms in total. The highest BCUT2D eigenvalue weighted by Crippen LogP contribution is 2.48. The molecule has 0 aromatic heterocycles. The third kappa shape index (κ3) is 3.67. The molecule has 0 spiro atoms. The van der Waals surface area contributed by atoms with Gasteiger partial charge in [-0.1, -0.05) is 44.2 Å². The summed E-state index contributed by atoms with van der Waals surface area (Å²) in [6.07, 6.45) is 2.55. The Morgan fingerprint density at radius 1 is 1.18 bits per heavy atom. The smallest absolute Gasteiger partial charge is 0.223 e. The van der Waals surface area contributed by atoms with Gasteiger partial charge in [0, 0.05) is 31.8 Å². The highest BCUT2D eigenvalue weighted by atomic mass is 16.2. The number of amides is 2. The van der Waals surface area contributed by atoms with E-state index in [4.69, 9.17) is 0 Å². The van der Waals surface area contributed by atoms with Crippen LogP contribution in [0, 0.1) is 5.41 Å². The molecule has 1 aromatic carbocycles. The van der Waals surface area contributed by atoms with E-state index >= 15 is 0 Å². The number of nitrogens with one attached hydrogen (secondary N) is 1. The molecule has 2 rings (SSSR count). The highest BCUT2D eigenvalue weighted by molar-refractivity contribution is 5.78. The summed E-state index contributed by atoms with van der Waals surface area (Å²) in [6.45, 7) is 5.22. The molecule has 0 radical (unpaired) electrons. The number of benzene rings is 1. The zero-order valence-corrected chi connectivity index (χ0v) is 13.8. The van der Waals surface area contributed by atoms with E-state index in [-0.39, 0.29) is 23.3 Å². The van der Waals surface area contributed by atoms with E-state index in [1.807, 2.05) is 23.1 Å². The number of carbonyl (C=O) groups excluding carboxylic acids is 2. The van der Waals surface area contributed by atoms with Crippen molar-refractivity contribution in [2.75, 3.05) is 13.6 Å². The van der Waals surface area contributed by atoms with Crippen LogP contribution in [0.25, 0.3) is 0 Å². The van der Waals surface area contributed by atoms with Crippen molar-refractivity contribution < 1.29 is 9.59 Å². The molecule has 1 fully saturated rings. The van der Waals surface area contributed by atoms with Crippen molar-refractivity contribution >= 4 is 11.8 Å². The van der Waals surface area contributed by atoms with E-state index in [0.29, 0.717) is 12.8 Å². The molecule has 1 saturated heterocycles. The lowest BCUT2D eigenvalue weighted by molar-refractivity contribution is -0.152. The van der Waals surface area contributed by atoms with Crippen LogP contribution in [0.15, 0.2) is 30.3 Å². The maximum absolute atomic E-state index is 12.4. The lowest BCUT2D eigenvalue weighted by Gasteiger charge is -2.54. The number of hydrogen-bond donors (Lipinski definition) is 1. The lowest BCUT2D eigenvalue weighted by atomic mass is 9.71. The predicted octanol–water partition coefficient (Wildman–Crippen LogP) is 2.90. The maximum atomic E-state index is 12.4. The summed E-state index contributed by atoms with van der Waals surface area (Å²) in [4.78, 5) is 25.6. The zero-order valence-electron chi connectivity index (χ0n) is 13.8. The fourth-order valence-corrected chi connectivity index (χ4v) is 3.26. The van der Waals surface area contributed by atoms with Crippen LogP contribution in [0.4, 0.5) is 0 Å². The van der Waals surface area contributed by atoms with E-state index in [0.717, 1.165) is 19.4 Å². The molecule has 1 N–H and O–H groups in total. The Kier molecular flexibility index (Phi) is 5.22. The molecular formula is C18H26N2O2. The van der Waals surface area contributed by atoms with Crippen molar-refractivity contribution in [2.45, 2.75) is 45.6 Å². The summed E-state index contributed by atoms with van der Waals surface area (Å²) in [5.41, 5.74) is 1.33. The summed E-state index contributed by atoms with van der Waals surface area (Å²) >= 11 is 0. The average Bonchev–Trinajstić information content (AvgIpc) is 2.50. The summed E-state index contributed by atoms with van der Waals surface area (Å²) < 4.78 is 0. The standard InChI is InChI=1S/C18H26N2O2/c1-18(2)13-20(17(18)14-9-5-4-6-10-14)16(22)12-8-7-11-15(21)19-3/h4-6,9-10,17H,7-8,11-13H2,1-3H3,(H,19,21). The van der Waals surface area contributed by atoms with Gasteiger partial charge >= 0.3 is 0 Å². The van der Waals surface area contributed by atoms with Gasteiger partial charge in [0.05, 0.1) is 6.04 Å². The molecule has 4 heteroatoms. The Morgan fingerprint density at radius 3 is 2.41 bits per heavy atom. The van der Waals surface area contributed by atoms with Gasteiger partial charge in [0.25, 0.3) is 0 Å². The minimum Gasteiger partial charge on any atom is -0.359 e. The first kappa shape index (κ1) is 16.5. The minimum atomic E-state index is 0.0414. The van der Waals surface area contributed by atoms with Crippen LogP contribution in [-0.2, 0) is 9.59 Å². The first-order valence-corrected chi connectivity index (χ1v) is 8.00. The second-order valence-electron chi connectivity index (χ2n) is 6.70. The number of carbonyl (C=O) groups is 2. The minimum absolute atomic E-state index is 0.0414. The molecule has 0 bridgehead atoms. The third-order valence-corrected chi connectivity index (χ3v) is 4.39. The van der Waals surface area contributed by atoms with Crippen molar-refractivity contribution in [1.82, 2.24) is 10.2 Å². The SMILES string of the molecule is CNC(=O)CCCCC(=O)N1CC(C)(C)C1c1ccccc1. The van der Waals surface area contributed by atoms with Crippen molar-refractivity contribution in [1.29, 1.82) is 0 Å². The van der Waals surface area contributed by atoms with Crippen LogP contribution < -0.4 is 5.32 Å². The monoisotopic (exact) mass is 302 g/mol. The molecule has 0 aliphatic carbocycles. The van der Waals surface area contributed by atoms with Crippen LogP contribution in [0.3, 0.4) is 0 Å². The normalized spacial score (nSPS) is 19.4. The summed E-state index contributed by atoms with van der Waals surface area (Å²) in [6, 6.07) is 10.4. The van der Waals surface area contributed by atoms with E-state index in [9.17, 15) is 9.59 Å². The summed E-state index contributed by atoms with van der Waals surface area (Å²) in [5.74, 6) is 0.241. The number of nitrogens with zero attached hydrogens (tertiary/aromatic N) is 1. The Hall–Kier alpha value is -1.84. The molecule has 22 heavy (non-hydrogen) atoms. The molecule has 1 aliphatic rings. The first-order chi connectivity index (χ1) is 10.5. The molecule has 1 aliphatic heterocycles. The van der Waals surface area contributed by atoms with Crippen LogP contribution >= 0.6 is 0 Å². The number of rotatable bonds is 6. The van der Waals surface area contributed by atoms with Gasteiger partial charge in [-0.15, -0.1) is 0 Å². The van der Waals surface area contributed by atoms with E-state index in [2.05, 4.69) is 31.3 Å². The lowest BCUT2D eigenvalue weighted by Crippen LogP contribution is -2.57. The van der Waals surface area contributed by atoms with Gasteiger partial charge in [0.2, 0.25) is 11.8 Å². The maximum Gasteiger partial charge on any atom is 0.223 e. The summed E-state index contributed by atoms with van der Waals surface area (Å²) in [7, 11) is 1.64. The van der Waals surface area contributed by atoms with E-state index in [1.54, 1.807) is 7.05 Å². The van der Waals surface area contributed by atoms with E-state index < -0.39 is 0 Å². The van der Waals surface area contributed by atoms with Crippen molar-refractivity contribution in [3.63, 3.8) is 0 Å². The zero-order chi connectivity index (χ0) is 16.2. The molecule has 1 aromatic rings. The Labute approximate surface area is 132 Å². The van der Waals surface area contributed by atoms with Gasteiger partial charge in [-0.05, 0) is 18.4 Å². The van der Waals surface area contributed by atoms with Crippen LogP contribution in [0.2, 0.25) is 0 Å². The second kappa shape index (κ2) is 6.95. The topological polar surface area (TPSA) is 49.4 Å². The van der Waals surface area contributed by atoms with Gasteiger partial charge in [0.1, 0.15) is 0 Å². The fourth-order valence-electron chi connectivity index (χ4n) is 3.26. The molecule has 1 atom stereocenters. The van der Waals surface area contributed by atoms with Crippen LogP contribution in [0.5, 0.6) is 0 Å². The van der Waals surface area contributed by atoms with Crippen molar-refractivity contribution in [3.05, 3.63) is 35.9 Å². The third-order valence-electron chi connectivity index (χ3n) is 4.39. The first-order valence-electron chi connectivity index (χ1n) is 8.00. The highest BCUT2D eigenvalue weighted by Gasteiger charge is 2.48. The van der Waals surface area contributed by atoms with Gasteiger partial charge in [0.15, 0.2) is 0 Å². The molecule has 0 saturated carbocycles. The predicted molar refractivity (Wildman–Crippen MR) is 87.2 cm³/mol. The molecule has 2 amide bonds. The van der Waals surface area contributed by atoms with E-state index in [1.165, 1.54) is 5.56 Å². The Morgan fingerprint density at radius 2 is 1.82 bits per heavy atom. The fraction of sp³-hybridized carbons (Fsp3) is 0.556. The molecule has 1 heterocycles. The Balaban J connectivity index is 1.89. The largest absolute Gasteiger partial charge is 0.359 e. The number of unbranched alkanes of at least 4 members (excludes halogenated alkanes) is 1. The van der Waals surface area contributed by atoms with Crippen molar-refractivity contribution in [2.24, 2.45) is 5.41 Å². The van der Waals surface area contributed by atoms with Crippen LogP contribution in [-0.4, -0.2) is 30.3 Å². The molecule has 1 unspecified atom stereocenters. The van der Waals surface area contributed by atoms with Gasteiger partial charge in [-0.3, -0.25) is 9.59 Å². The Bertz CT molecular complexity index is 525. The van der Waals surface area contributed by atoms with Gasteiger partial charge in [-0.2, -0.15) is 0 Å². The quantitative estimate of drug-likeness (QED) is 0.821. The molecular weight excluding hydrogens is 276 g/mol. The van der Waals surface area contributed by atoms with Crippen LogP contribution in [0.1, 0.15) is 51.1 Å². The van der Waals surface area contributed by atoms with Gasteiger partial charge < -0.3 is 10.2 Å². The number of likely N-dealkylation sites (tertiary alicyclic amines) is 1. The average molecular weight is 302 g/mol. The second-order valence-corrected chi connectivity index (χ2v) is 6.70. The van der Waals surface area contributed by atoms with Gasteiger partial charge in [-0.25, -0.2) is 0 Å². The summed E-state index contributed by atoms with van der Waals surface area (Å²) in [5, 5.41) is 2.60. The number of hydrogen-bond acceptors (Lipinski definition) is 2. The van der Waals surface area contributed by atoms with Crippen molar-refractivity contribution in [3.8, 4) is 0 Å². The molecule has 120 valence electrons.